The molecule has 4 heteroatoms. The molecular formula is C21H30N2O2. The molecule has 25 heavy (non-hydrogen) atoms. The van der Waals surface area contributed by atoms with Crippen LogP contribution in [0.3, 0.4) is 0 Å². The average Bonchev–Trinajstić information content (AvgIpc) is 3.01. The van der Waals surface area contributed by atoms with Gasteiger partial charge in [0, 0.05) is 32.6 Å². The third-order valence-electron chi connectivity index (χ3n) is 5.64. The summed E-state index contributed by atoms with van der Waals surface area (Å²) >= 11 is 0. The molecule has 136 valence electrons. The fourth-order valence-electron chi connectivity index (χ4n) is 4.07. The highest BCUT2D eigenvalue weighted by Crippen LogP contribution is 2.26. The van der Waals surface area contributed by atoms with Crippen molar-refractivity contribution in [1.82, 2.24) is 9.80 Å². The summed E-state index contributed by atoms with van der Waals surface area (Å²) in [6, 6.07) is 10.6. The first kappa shape index (κ1) is 18.0. The molecule has 4 nitrogen and oxygen atoms in total. The standard InChI is InChI=1S/C21H30N2O2/c1-2-3-11-23-16-19(15-20(23)24)21(25)22-12-9-18(10-13-22)14-17-7-5-4-6-8-17/h4-8,18-19H,2-3,9-16H2,1H3/t19-/m0/s1. The van der Waals surface area contributed by atoms with Crippen LogP contribution in [0, 0.1) is 11.8 Å². The molecule has 0 radical (unpaired) electrons. The molecule has 0 saturated carbocycles. The van der Waals surface area contributed by atoms with Crippen LogP contribution in [-0.2, 0) is 16.0 Å². The van der Waals surface area contributed by atoms with Gasteiger partial charge < -0.3 is 9.80 Å². The number of nitrogens with zero attached hydrogens (tertiary/aromatic N) is 2. The van der Waals surface area contributed by atoms with Gasteiger partial charge in [-0.3, -0.25) is 9.59 Å². The quantitative estimate of drug-likeness (QED) is 0.797. The van der Waals surface area contributed by atoms with E-state index in [0.717, 1.165) is 51.7 Å². The summed E-state index contributed by atoms with van der Waals surface area (Å²) in [5.74, 6) is 0.906. The van der Waals surface area contributed by atoms with Gasteiger partial charge in [-0.1, -0.05) is 43.7 Å². The first-order valence-corrected chi connectivity index (χ1v) is 9.78. The van der Waals surface area contributed by atoms with Gasteiger partial charge in [-0.25, -0.2) is 0 Å². The van der Waals surface area contributed by atoms with Gasteiger partial charge in [-0.2, -0.15) is 0 Å². The molecule has 0 spiro atoms. The van der Waals surface area contributed by atoms with Crippen molar-refractivity contribution in [2.24, 2.45) is 11.8 Å². The molecule has 2 saturated heterocycles. The maximum Gasteiger partial charge on any atom is 0.227 e. The van der Waals surface area contributed by atoms with Crippen LogP contribution in [-0.4, -0.2) is 47.8 Å². The van der Waals surface area contributed by atoms with Crippen molar-refractivity contribution in [3.63, 3.8) is 0 Å². The molecule has 1 atom stereocenters. The van der Waals surface area contributed by atoms with Gasteiger partial charge in [0.05, 0.1) is 5.92 Å². The second kappa shape index (κ2) is 8.50. The summed E-state index contributed by atoms with van der Waals surface area (Å²) in [7, 11) is 0. The maximum absolute atomic E-state index is 12.8. The zero-order chi connectivity index (χ0) is 17.6. The monoisotopic (exact) mass is 342 g/mol. The fourth-order valence-corrected chi connectivity index (χ4v) is 4.07. The van der Waals surface area contributed by atoms with Crippen LogP contribution in [0.25, 0.3) is 0 Å². The van der Waals surface area contributed by atoms with Crippen LogP contribution in [0.5, 0.6) is 0 Å². The molecule has 0 unspecified atom stereocenters. The lowest BCUT2D eigenvalue weighted by molar-refractivity contribution is -0.137. The van der Waals surface area contributed by atoms with E-state index in [1.54, 1.807) is 0 Å². The molecule has 0 aromatic heterocycles. The molecule has 2 aliphatic rings. The first-order valence-electron chi connectivity index (χ1n) is 9.78. The number of amides is 2. The third kappa shape index (κ3) is 4.62. The Morgan fingerprint density at radius 2 is 1.88 bits per heavy atom. The van der Waals surface area contributed by atoms with Crippen molar-refractivity contribution in [3.8, 4) is 0 Å². The molecule has 2 heterocycles. The Kier molecular flexibility index (Phi) is 6.11. The van der Waals surface area contributed by atoms with E-state index in [0.29, 0.717) is 18.9 Å². The minimum absolute atomic E-state index is 0.116. The minimum atomic E-state index is -0.116. The SMILES string of the molecule is CCCCN1C[C@@H](C(=O)N2CCC(Cc3ccccc3)CC2)CC1=O. The lowest BCUT2D eigenvalue weighted by atomic mass is 9.89. The summed E-state index contributed by atoms with van der Waals surface area (Å²) < 4.78 is 0. The zero-order valence-electron chi connectivity index (χ0n) is 15.3. The normalized spacial score (nSPS) is 21.8. The predicted molar refractivity (Wildman–Crippen MR) is 99.0 cm³/mol. The van der Waals surface area contributed by atoms with Crippen molar-refractivity contribution < 1.29 is 9.59 Å². The summed E-state index contributed by atoms with van der Waals surface area (Å²) in [6.07, 6.45) is 5.76. The van der Waals surface area contributed by atoms with Gasteiger partial charge in [0.1, 0.15) is 0 Å². The van der Waals surface area contributed by atoms with Crippen molar-refractivity contribution >= 4 is 11.8 Å². The van der Waals surface area contributed by atoms with E-state index in [4.69, 9.17) is 0 Å². The molecule has 3 rings (SSSR count). The molecule has 0 N–H and O–H groups in total. The van der Waals surface area contributed by atoms with E-state index in [-0.39, 0.29) is 17.7 Å². The molecule has 2 fully saturated rings. The molecule has 1 aromatic carbocycles. The van der Waals surface area contributed by atoms with Crippen molar-refractivity contribution in [3.05, 3.63) is 35.9 Å². The molecule has 2 amide bonds. The topological polar surface area (TPSA) is 40.6 Å². The number of piperidine rings is 1. The number of likely N-dealkylation sites (tertiary alicyclic amines) is 2. The van der Waals surface area contributed by atoms with Gasteiger partial charge in [-0.05, 0) is 37.2 Å². The number of carbonyl (C=O) groups is 2. The molecule has 0 bridgehead atoms. The van der Waals surface area contributed by atoms with Gasteiger partial charge in [-0.15, -0.1) is 0 Å². The maximum atomic E-state index is 12.8. The highest BCUT2D eigenvalue weighted by molar-refractivity contribution is 5.89. The number of benzene rings is 1. The minimum Gasteiger partial charge on any atom is -0.342 e. The van der Waals surface area contributed by atoms with Gasteiger partial charge in [0.15, 0.2) is 0 Å². The van der Waals surface area contributed by atoms with E-state index in [9.17, 15) is 9.59 Å². The Morgan fingerprint density at radius 1 is 1.16 bits per heavy atom. The number of rotatable bonds is 6. The summed E-state index contributed by atoms with van der Waals surface area (Å²) in [5.41, 5.74) is 1.39. The van der Waals surface area contributed by atoms with E-state index >= 15 is 0 Å². The van der Waals surface area contributed by atoms with E-state index in [1.807, 2.05) is 9.80 Å². The van der Waals surface area contributed by atoms with Gasteiger partial charge in [0.25, 0.3) is 0 Å². The van der Waals surface area contributed by atoms with E-state index in [1.165, 1.54) is 5.56 Å². The van der Waals surface area contributed by atoms with Crippen LogP contribution < -0.4 is 0 Å². The second-order valence-corrected chi connectivity index (χ2v) is 7.55. The Hall–Kier alpha value is -1.84. The van der Waals surface area contributed by atoms with Crippen LogP contribution in [0.15, 0.2) is 30.3 Å². The van der Waals surface area contributed by atoms with Gasteiger partial charge in [0.2, 0.25) is 11.8 Å². The van der Waals surface area contributed by atoms with Crippen molar-refractivity contribution in [2.75, 3.05) is 26.2 Å². The Morgan fingerprint density at radius 3 is 2.56 bits per heavy atom. The third-order valence-corrected chi connectivity index (χ3v) is 5.64. The van der Waals surface area contributed by atoms with Gasteiger partial charge >= 0.3 is 0 Å². The Balaban J connectivity index is 1.46. The lowest BCUT2D eigenvalue weighted by Gasteiger charge is -2.33. The predicted octanol–water partition coefficient (Wildman–Crippen LogP) is 3.12. The molecule has 2 aliphatic heterocycles. The van der Waals surface area contributed by atoms with Crippen LogP contribution in [0.2, 0.25) is 0 Å². The van der Waals surface area contributed by atoms with Crippen LogP contribution in [0.1, 0.15) is 44.6 Å². The van der Waals surface area contributed by atoms with E-state index < -0.39 is 0 Å². The second-order valence-electron chi connectivity index (χ2n) is 7.55. The van der Waals surface area contributed by atoms with Crippen molar-refractivity contribution in [2.45, 2.75) is 45.4 Å². The summed E-state index contributed by atoms with van der Waals surface area (Å²) in [6.45, 7) is 5.24. The number of hydrogen-bond acceptors (Lipinski definition) is 2. The molecule has 0 aliphatic carbocycles. The van der Waals surface area contributed by atoms with Crippen molar-refractivity contribution in [1.29, 1.82) is 0 Å². The summed E-state index contributed by atoms with van der Waals surface area (Å²) in [4.78, 5) is 28.8. The highest BCUT2D eigenvalue weighted by Gasteiger charge is 2.37. The zero-order valence-corrected chi connectivity index (χ0v) is 15.3. The Labute approximate surface area is 151 Å². The number of unbranched alkanes of at least 4 members (excludes halogenated alkanes) is 1. The van der Waals surface area contributed by atoms with E-state index in [2.05, 4.69) is 37.3 Å². The summed E-state index contributed by atoms with van der Waals surface area (Å²) in [5, 5.41) is 0. The molecular weight excluding hydrogens is 312 g/mol. The first-order chi connectivity index (χ1) is 12.2. The molecule has 1 aromatic rings. The van der Waals surface area contributed by atoms with Crippen LogP contribution in [0.4, 0.5) is 0 Å². The number of carbonyl (C=O) groups excluding carboxylic acids is 2. The fraction of sp³-hybridized carbons (Fsp3) is 0.619. The smallest absolute Gasteiger partial charge is 0.227 e. The van der Waals surface area contributed by atoms with Crippen LogP contribution >= 0.6 is 0 Å². The highest BCUT2D eigenvalue weighted by atomic mass is 16.2. The largest absolute Gasteiger partial charge is 0.342 e. The Bertz CT molecular complexity index is 579. The lowest BCUT2D eigenvalue weighted by Crippen LogP contribution is -2.42. The average molecular weight is 342 g/mol. The number of hydrogen-bond donors (Lipinski definition) is 0.